The number of nitrogen functional groups attached to an aromatic ring is 1. The van der Waals surface area contributed by atoms with Gasteiger partial charge < -0.3 is 85.7 Å². The Balaban J connectivity index is 0.000000133. The lowest BCUT2D eigenvalue weighted by atomic mass is 10.1. The van der Waals surface area contributed by atoms with Crippen LogP contribution in [0.25, 0.3) is 43.5 Å². The molecule has 16 aromatic rings. The summed E-state index contributed by atoms with van der Waals surface area (Å²) in [6, 6.07) is 65.4. The molecule has 38 nitrogen and oxygen atoms in total. The number of rotatable bonds is 35. The number of aryl methyl sites for hydroxylation is 2. The number of carbonyl (C=O) groups is 4. The number of ether oxygens (including phenoxy) is 3. The fourth-order valence-corrected chi connectivity index (χ4v) is 18.5. The molecule has 42 heteroatoms. The van der Waals surface area contributed by atoms with Gasteiger partial charge in [0.2, 0.25) is 17.7 Å². The Morgan fingerprint density at radius 3 is 2.10 bits per heavy atom. The number of amides is 3. The van der Waals surface area contributed by atoms with E-state index in [-0.39, 0.29) is 36.7 Å². The Hall–Kier alpha value is -15.4. The fraction of sp³-hybridized carbons (Fsp3) is 0.269. The van der Waals surface area contributed by atoms with E-state index in [0.29, 0.717) is 138 Å². The van der Waals surface area contributed by atoms with Crippen LogP contribution in [0.1, 0.15) is 82.0 Å². The van der Waals surface area contributed by atoms with Crippen molar-refractivity contribution in [3.63, 3.8) is 0 Å². The van der Waals surface area contributed by atoms with Gasteiger partial charge in [-0.05, 0) is 203 Å². The van der Waals surface area contributed by atoms with Gasteiger partial charge >= 0.3 is 7.82 Å². The molecular formula is C104H111FN27O11PS2. The molecule has 0 unspecified atom stereocenters. The van der Waals surface area contributed by atoms with Gasteiger partial charge in [-0.3, -0.25) is 39.0 Å². The first-order chi connectivity index (χ1) is 70.9. The van der Waals surface area contributed by atoms with E-state index in [1.807, 2.05) is 158 Å². The number of H-pyrrole nitrogens is 3. The Kier molecular flexibility index (Phi) is 33.8. The number of nitrogens with one attached hydrogen (secondary N) is 8. The minimum absolute atomic E-state index is 0.0214. The number of Topliss-reactive ketones (excluding diaryl/α,β-unsaturated/α-hetero) is 1. The molecule has 752 valence electrons. The summed E-state index contributed by atoms with van der Waals surface area (Å²) >= 11 is 3.20. The van der Waals surface area contributed by atoms with Gasteiger partial charge in [0, 0.05) is 182 Å². The monoisotopic (exact) mass is 2030 g/mol. The smallest absolute Gasteiger partial charge is 0.469 e. The molecule has 0 spiro atoms. The summed E-state index contributed by atoms with van der Waals surface area (Å²) in [6.07, 6.45) is 7.40. The number of nitrogens with two attached hydrogens (primary N) is 1. The van der Waals surface area contributed by atoms with Crippen molar-refractivity contribution in [2.75, 3.05) is 149 Å². The molecule has 1 saturated carbocycles. The number of aromatic nitrogens is 15. The molecule has 12 heterocycles. The SMILES string of the molecule is CCN(CCCOc1ccc2c(Nc3cc(CC(=O)Nc4cccc(F)c4)[nH]n3)ncnc2c1)CCOP(=O)(O)O.CO[C@@H](C(=O)N1Cc2[nH]nc(NC(=O)c3ccc(N4CCN(C)CC4)cc3)c2C1)c1ccccc1.Cc1cc(Nc2cc(N3CCN(C)CC3)nc(Sc3ccc(CC(=O)C4CC4)cc3)n2)n[nH]1.Cc1csc(-c2nnc(Nc3ccc(Oc4ncccc4-c4ccnc(N)n4)cc3)c3ccccc23)c1. The molecule has 12 N–H and O–H groups in total. The number of methoxy groups -OCH3 is 1. The van der Waals surface area contributed by atoms with Crippen LogP contribution in [-0.2, 0) is 54.1 Å². The van der Waals surface area contributed by atoms with E-state index in [9.17, 15) is 28.1 Å². The number of ketones is 1. The molecule has 9 aromatic heterocycles. The molecule has 0 bridgehead atoms. The number of nitrogens with zero attached hydrogens (tertiary/aromatic N) is 18. The van der Waals surface area contributed by atoms with Crippen molar-refractivity contribution in [1.82, 2.24) is 95.3 Å². The largest absolute Gasteiger partial charge is 0.493 e. The van der Waals surface area contributed by atoms with Crippen LogP contribution >= 0.6 is 30.9 Å². The van der Waals surface area contributed by atoms with E-state index < -0.39 is 19.7 Å². The van der Waals surface area contributed by atoms with Crippen molar-refractivity contribution >= 4 is 140 Å². The number of hydrogen-bond acceptors (Lipinski definition) is 32. The molecule has 3 amide bonds. The number of benzene rings is 7. The first kappa shape index (κ1) is 102. The molecular weight excluding hydrogens is 1920 g/mol. The molecule has 2 saturated heterocycles. The number of anilines is 11. The van der Waals surface area contributed by atoms with Crippen LogP contribution in [0.2, 0.25) is 0 Å². The second-order valence-corrected chi connectivity index (χ2v) is 38.5. The highest BCUT2D eigenvalue weighted by Gasteiger charge is 2.35. The van der Waals surface area contributed by atoms with Crippen LogP contribution in [0.15, 0.2) is 246 Å². The average Bonchev–Trinajstić information content (AvgIpc) is 1.42. The van der Waals surface area contributed by atoms with Crippen LogP contribution in [0.3, 0.4) is 0 Å². The van der Waals surface area contributed by atoms with Gasteiger partial charge in [0.1, 0.15) is 52.6 Å². The zero-order valence-corrected chi connectivity index (χ0v) is 83.7. The number of halogens is 1. The van der Waals surface area contributed by atoms with E-state index in [1.54, 1.807) is 52.9 Å². The highest BCUT2D eigenvalue weighted by Crippen LogP contribution is 2.40. The Bertz CT molecular complexity index is 7230. The first-order valence-corrected chi connectivity index (χ1v) is 50.8. The minimum atomic E-state index is -4.46. The number of likely N-dealkylation sites (N-methyl/N-ethyl adjacent to an activating group) is 3. The summed E-state index contributed by atoms with van der Waals surface area (Å²) in [5.41, 5.74) is 17.9. The maximum Gasteiger partial charge on any atom is 0.469 e. The summed E-state index contributed by atoms with van der Waals surface area (Å²) in [5, 5.41) is 51.5. The van der Waals surface area contributed by atoms with Crippen LogP contribution in [0.5, 0.6) is 17.4 Å². The van der Waals surface area contributed by atoms with E-state index >= 15 is 0 Å². The second-order valence-electron chi connectivity index (χ2n) is 35.3. The third kappa shape index (κ3) is 28.0. The predicted octanol–water partition coefficient (Wildman–Crippen LogP) is 16.6. The van der Waals surface area contributed by atoms with Crippen molar-refractivity contribution in [3.8, 4) is 39.2 Å². The zero-order valence-electron chi connectivity index (χ0n) is 81.2. The van der Waals surface area contributed by atoms with Crippen molar-refractivity contribution in [2.24, 2.45) is 5.92 Å². The maximum atomic E-state index is 13.3. The van der Waals surface area contributed by atoms with Gasteiger partial charge in [0.25, 0.3) is 11.8 Å². The highest BCUT2D eigenvalue weighted by atomic mass is 32.2. The van der Waals surface area contributed by atoms with Crippen LogP contribution in [0.4, 0.5) is 68.1 Å². The highest BCUT2D eigenvalue weighted by molar-refractivity contribution is 7.99. The van der Waals surface area contributed by atoms with Gasteiger partial charge in [-0.2, -0.15) is 15.3 Å². The molecule has 20 rings (SSSR count). The molecule has 0 radical (unpaired) electrons. The molecule has 3 fully saturated rings. The van der Waals surface area contributed by atoms with E-state index in [2.05, 4.69) is 173 Å². The number of fused-ring (bicyclic) bond motifs is 3. The van der Waals surface area contributed by atoms with Crippen molar-refractivity contribution in [1.29, 1.82) is 0 Å². The van der Waals surface area contributed by atoms with E-state index in [0.717, 1.165) is 159 Å². The van der Waals surface area contributed by atoms with Gasteiger partial charge in [0.15, 0.2) is 34.5 Å². The number of pyridine rings is 1. The quantitative estimate of drug-likeness (QED) is 0.00998. The summed E-state index contributed by atoms with van der Waals surface area (Å²) in [6.45, 7) is 16.9. The van der Waals surface area contributed by atoms with E-state index in [4.69, 9.17) is 39.7 Å². The average molecular weight is 2030 g/mol. The number of aromatic amines is 3. The summed E-state index contributed by atoms with van der Waals surface area (Å²) in [7, 11) is 1.35. The molecule has 3 aliphatic heterocycles. The van der Waals surface area contributed by atoms with E-state index in [1.165, 1.54) is 49.0 Å². The normalized spacial score (nSPS) is 13.8. The number of phosphoric ester groups is 1. The number of carbonyl (C=O) groups excluding carboxylic acids is 4. The lowest BCUT2D eigenvalue weighted by molar-refractivity contribution is -0.143. The first-order valence-electron chi connectivity index (χ1n) is 47.6. The van der Waals surface area contributed by atoms with Crippen LogP contribution in [-0.4, -0.2) is 235 Å². The summed E-state index contributed by atoms with van der Waals surface area (Å²) in [5.74, 6) is 5.96. The minimum Gasteiger partial charge on any atom is -0.493 e. The molecule has 1 aliphatic carbocycles. The summed E-state index contributed by atoms with van der Waals surface area (Å²) in [4.78, 5) is 114. The number of phosphoric acid groups is 1. The molecule has 146 heavy (non-hydrogen) atoms. The summed E-state index contributed by atoms with van der Waals surface area (Å²) < 4.78 is 46.1. The Morgan fingerprint density at radius 2 is 1.38 bits per heavy atom. The van der Waals surface area contributed by atoms with Crippen LogP contribution in [0, 0.1) is 25.6 Å². The number of piperazine rings is 2. The van der Waals surface area contributed by atoms with Crippen molar-refractivity contribution in [3.05, 3.63) is 287 Å². The molecule has 7 aromatic carbocycles. The topological polar surface area (TPSA) is 470 Å². The second kappa shape index (κ2) is 48.3. The Morgan fingerprint density at radius 1 is 0.637 bits per heavy atom. The van der Waals surface area contributed by atoms with Gasteiger partial charge in [0.05, 0.1) is 60.1 Å². The predicted molar refractivity (Wildman–Crippen MR) is 561 cm³/mol. The van der Waals surface area contributed by atoms with Gasteiger partial charge in [-0.15, -0.1) is 21.5 Å². The van der Waals surface area contributed by atoms with Crippen molar-refractivity contribution < 1.29 is 56.7 Å². The lowest BCUT2D eigenvalue weighted by Gasteiger charge is -2.34. The Labute approximate surface area is 849 Å². The third-order valence-corrected chi connectivity index (χ3v) is 26.9. The third-order valence-electron chi connectivity index (χ3n) is 24.4. The maximum absolute atomic E-state index is 13.3. The van der Waals surface area contributed by atoms with Gasteiger partial charge in [-0.1, -0.05) is 79.7 Å². The fourth-order valence-electron chi connectivity index (χ4n) is 16.5. The lowest BCUT2D eigenvalue weighted by Crippen LogP contribution is -2.44. The molecule has 4 aliphatic rings. The van der Waals surface area contributed by atoms with Crippen molar-refractivity contribution in [2.45, 2.75) is 82.1 Å². The standard InChI is InChI=1S/C28H21N7OS.C26H31FN7O6P.C26H30N6O3.C24H29N7OS/c1-17-15-24(37-16-17)25-20-5-2-3-6-21(20)26(35-34-25)32-18-8-10-19(11-9-18)36-27-22(7-4-13-30-27)23-12-14-31-28(29)33-23;1-2-34(10-12-40-41(36,37)38)9-4-11-39-21-7-8-22-23(16-21)28-17-29-26(22)31-24-14-20(32-33-24)15-25(35)30-19-6-3-5-18(27)13-19;1-30-12-14-31(15-13-30)20-10-8-19(9-11-20)25(33)27-24-21-16-32(17-22(21)28-29-24)26(34)23(35-2)18-6-4-3-5-7-18;1-16-13-22(29-28-16)25-21-15-23(31-11-9-30(2)10-12-31)27-24(26-21)33-19-7-3-17(4-8-19)14-20(32)18-5-6-18/h2-16H,1H3,(H,32,35)(H2,29,31,33);3,5-8,13-14,16-17H,2,4,9-12,15H2,1H3,(H,30,35)(H2,36,37,38)(H2,28,29,31,32,33);3-11,23H,12-17H2,1-2H3,(H2,27,28,29,33);3-4,7-8,13,15,18H,5-6,9-12,14H2,1-2H3,(H2,25,26,27,28,29)/t;;23-;/m..1./s1. The van der Waals surface area contributed by atoms with Gasteiger partial charge in [-0.25, -0.2) is 43.8 Å². The number of thiophene rings is 1. The molecule has 1 atom stereocenters. The number of hydrogen-bond donors (Lipinski definition) is 11. The van der Waals surface area contributed by atoms with Crippen LogP contribution < -0.4 is 51.6 Å². The zero-order chi connectivity index (χ0) is 102.